The van der Waals surface area contributed by atoms with Crippen LogP contribution in [0.3, 0.4) is 0 Å². The molecule has 4 heteroatoms. The molecule has 0 amide bonds. The van der Waals surface area contributed by atoms with Crippen molar-refractivity contribution in [1.82, 2.24) is 4.98 Å². The van der Waals surface area contributed by atoms with Gasteiger partial charge in [0.25, 0.3) is 0 Å². The number of aromatic nitrogens is 1. The maximum atomic E-state index is 11.0. The van der Waals surface area contributed by atoms with Gasteiger partial charge >= 0.3 is 5.97 Å². The lowest BCUT2D eigenvalue weighted by atomic mass is 10.0. The summed E-state index contributed by atoms with van der Waals surface area (Å²) >= 11 is 0. The normalized spacial score (nSPS) is 11.8. The largest absolute Gasteiger partial charge is 0.481 e. The summed E-state index contributed by atoms with van der Waals surface area (Å²) in [7, 11) is 0. The van der Waals surface area contributed by atoms with Gasteiger partial charge in [0.1, 0.15) is 5.75 Å². The lowest BCUT2D eigenvalue weighted by Crippen LogP contribution is -2.09. The van der Waals surface area contributed by atoms with Crippen molar-refractivity contribution in [2.45, 2.75) is 12.8 Å². The van der Waals surface area contributed by atoms with Gasteiger partial charge in [-0.15, -0.1) is 0 Å². The number of ether oxygens (including phenoxy) is 1. The maximum absolute atomic E-state index is 11.0. The zero-order valence-corrected chi connectivity index (χ0v) is 9.91. The topological polar surface area (TPSA) is 59.4 Å². The van der Waals surface area contributed by atoms with Crippen molar-refractivity contribution < 1.29 is 14.6 Å². The molecule has 0 spiro atoms. The van der Waals surface area contributed by atoms with Gasteiger partial charge in [-0.3, -0.25) is 4.79 Å². The fourth-order valence-electron chi connectivity index (χ4n) is 1.55. The smallest absolute Gasteiger partial charge is 0.310 e. The van der Waals surface area contributed by atoms with E-state index in [1.807, 2.05) is 18.2 Å². The fraction of sp³-hybridized carbons (Fsp3) is 0.143. The van der Waals surface area contributed by atoms with E-state index in [-0.39, 0.29) is 0 Å². The van der Waals surface area contributed by atoms with Gasteiger partial charge in [-0.2, -0.15) is 0 Å². The molecule has 0 fully saturated rings. The van der Waals surface area contributed by atoms with Crippen LogP contribution in [0.5, 0.6) is 11.6 Å². The monoisotopic (exact) mass is 243 g/mol. The molecule has 0 bridgehead atoms. The Morgan fingerprint density at radius 3 is 2.61 bits per heavy atom. The van der Waals surface area contributed by atoms with Crippen molar-refractivity contribution in [3.05, 3.63) is 54.2 Å². The predicted octanol–water partition coefficient (Wildman–Crippen LogP) is 3.06. The average molecular weight is 243 g/mol. The van der Waals surface area contributed by atoms with Crippen LogP contribution in [0, 0.1) is 0 Å². The van der Waals surface area contributed by atoms with E-state index in [0.717, 1.165) is 0 Å². The van der Waals surface area contributed by atoms with E-state index in [9.17, 15) is 4.79 Å². The molecule has 4 nitrogen and oxygen atoms in total. The first-order valence-electron chi connectivity index (χ1n) is 5.59. The second-order valence-electron chi connectivity index (χ2n) is 3.87. The molecule has 1 N–H and O–H groups in total. The Bertz CT molecular complexity index is 540. The third-order valence-corrected chi connectivity index (χ3v) is 2.60. The van der Waals surface area contributed by atoms with Gasteiger partial charge < -0.3 is 9.84 Å². The number of carbonyl (C=O) groups is 1. The van der Waals surface area contributed by atoms with E-state index in [2.05, 4.69) is 4.98 Å². The lowest BCUT2D eigenvalue weighted by molar-refractivity contribution is -0.138. The molecule has 0 radical (unpaired) electrons. The zero-order chi connectivity index (χ0) is 13.0. The summed E-state index contributed by atoms with van der Waals surface area (Å²) in [5.74, 6) is -0.591. The molecule has 0 saturated carbocycles. The molecule has 0 aliphatic rings. The van der Waals surface area contributed by atoms with Crippen LogP contribution in [-0.2, 0) is 4.79 Å². The van der Waals surface area contributed by atoms with Crippen LogP contribution >= 0.6 is 0 Å². The molecule has 0 aliphatic carbocycles. The van der Waals surface area contributed by atoms with E-state index in [4.69, 9.17) is 9.84 Å². The number of rotatable bonds is 4. The van der Waals surface area contributed by atoms with E-state index < -0.39 is 11.9 Å². The van der Waals surface area contributed by atoms with E-state index in [1.165, 1.54) is 0 Å². The summed E-state index contributed by atoms with van der Waals surface area (Å²) in [5.41, 5.74) is 0.564. The number of carboxylic acids is 1. The molecule has 92 valence electrons. The average Bonchev–Trinajstić information content (AvgIpc) is 2.39. The molecule has 2 aromatic rings. The summed E-state index contributed by atoms with van der Waals surface area (Å²) in [4.78, 5) is 15.1. The molecule has 1 heterocycles. The van der Waals surface area contributed by atoms with Crippen LogP contribution in [0.4, 0.5) is 0 Å². The number of para-hydroxylation sites is 1. The second kappa shape index (κ2) is 5.31. The predicted molar refractivity (Wildman–Crippen MR) is 66.8 cm³/mol. The van der Waals surface area contributed by atoms with Gasteiger partial charge in [0, 0.05) is 11.8 Å². The standard InChI is InChI=1S/C14H13NO3/c1-10(14(16)17)12-8-5-9-15-13(12)18-11-6-3-2-4-7-11/h2-10H,1H3,(H,16,17). The minimum Gasteiger partial charge on any atom is -0.481 e. The van der Waals surface area contributed by atoms with Crippen LogP contribution in [-0.4, -0.2) is 16.1 Å². The molecule has 0 aliphatic heterocycles. The Kier molecular flexibility index (Phi) is 3.57. The Morgan fingerprint density at radius 2 is 1.94 bits per heavy atom. The number of aliphatic carboxylic acids is 1. The number of carboxylic acid groups (broad SMARTS) is 1. The third kappa shape index (κ3) is 2.66. The molecular formula is C14H13NO3. The first kappa shape index (κ1) is 12.1. The summed E-state index contributed by atoms with van der Waals surface area (Å²) in [5, 5.41) is 9.04. The Hall–Kier alpha value is -2.36. The quantitative estimate of drug-likeness (QED) is 0.896. The molecule has 1 aromatic heterocycles. The first-order valence-corrected chi connectivity index (χ1v) is 5.59. The van der Waals surface area contributed by atoms with Crippen molar-refractivity contribution in [3.63, 3.8) is 0 Å². The lowest BCUT2D eigenvalue weighted by Gasteiger charge is -2.12. The van der Waals surface area contributed by atoms with Gasteiger partial charge in [-0.1, -0.05) is 24.3 Å². The van der Waals surface area contributed by atoms with Gasteiger partial charge in [0.05, 0.1) is 5.92 Å². The van der Waals surface area contributed by atoms with Crippen molar-refractivity contribution in [2.24, 2.45) is 0 Å². The SMILES string of the molecule is CC(C(=O)O)c1cccnc1Oc1ccccc1. The number of hydrogen-bond donors (Lipinski definition) is 1. The molecule has 2 rings (SSSR count). The van der Waals surface area contributed by atoms with Crippen molar-refractivity contribution in [1.29, 1.82) is 0 Å². The molecule has 1 unspecified atom stereocenters. The number of nitrogens with zero attached hydrogens (tertiary/aromatic N) is 1. The maximum Gasteiger partial charge on any atom is 0.310 e. The van der Waals surface area contributed by atoms with Crippen molar-refractivity contribution in [3.8, 4) is 11.6 Å². The van der Waals surface area contributed by atoms with E-state index >= 15 is 0 Å². The molecule has 0 saturated heterocycles. The summed E-state index contributed by atoms with van der Waals surface area (Å²) in [6.07, 6.45) is 1.58. The second-order valence-corrected chi connectivity index (χ2v) is 3.87. The zero-order valence-electron chi connectivity index (χ0n) is 9.91. The fourth-order valence-corrected chi connectivity index (χ4v) is 1.55. The van der Waals surface area contributed by atoms with Crippen LogP contribution < -0.4 is 4.74 Å². The minimum absolute atomic E-state index is 0.332. The number of benzene rings is 1. The van der Waals surface area contributed by atoms with Crippen LogP contribution in [0.1, 0.15) is 18.4 Å². The van der Waals surface area contributed by atoms with Crippen molar-refractivity contribution >= 4 is 5.97 Å². The highest BCUT2D eigenvalue weighted by Gasteiger charge is 2.19. The summed E-state index contributed by atoms with van der Waals surface area (Å²) < 4.78 is 5.61. The van der Waals surface area contributed by atoms with Crippen molar-refractivity contribution in [2.75, 3.05) is 0 Å². The number of hydrogen-bond acceptors (Lipinski definition) is 3. The van der Waals surface area contributed by atoms with Crippen LogP contribution in [0.25, 0.3) is 0 Å². The van der Waals surface area contributed by atoms with E-state index in [1.54, 1.807) is 37.4 Å². The molecule has 18 heavy (non-hydrogen) atoms. The summed E-state index contributed by atoms with van der Waals surface area (Å²) in [6, 6.07) is 12.6. The Balaban J connectivity index is 2.31. The molecule has 1 aromatic carbocycles. The minimum atomic E-state index is -0.902. The van der Waals surface area contributed by atoms with E-state index in [0.29, 0.717) is 17.2 Å². The van der Waals surface area contributed by atoms with Gasteiger partial charge in [0.15, 0.2) is 0 Å². The number of pyridine rings is 1. The van der Waals surface area contributed by atoms with Gasteiger partial charge in [-0.05, 0) is 25.1 Å². The Morgan fingerprint density at radius 1 is 1.22 bits per heavy atom. The van der Waals surface area contributed by atoms with Gasteiger partial charge in [-0.25, -0.2) is 4.98 Å². The third-order valence-electron chi connectivity index (χ3n) is 2.60. The van der Waals surface area contributed by atoms with Gasteiger partial charge in [0.2, 0.25) is 5.88 Å². The molecule has 1 atom stereocenters. The van der Waals surface area contributed by atoms with Crippen LogP contribution in [0.2, 0.25) is 0 Å². The first-order chi connectivity index (χ1) is 8.68. The highest BCUT2D eigenvalue weighted by molar-refractivity contribution is 5.76. The highest BCUT2D eigenvalue weighted by atomic mass is 16.5. The Labute approximate surface area is 105 Å². The summed E-state index contributed by atoms with van der Waals surface area (Å²) in [6.45, 7) is 1.61. The van der Waals surface area contributed by atoms with Crippen LogP contribution in [0.15, 0.2) is 48.7 Å². The molecular weight excluding hydrogens is 230 g/mol. The highest BCUT2D eigenvalue weighted by Crippen LogP contribution is 2.28.